The number of hydrogen-bond acceptors (Lipinski definition) is 3. The molecule has 0 aliphatic heterocycles. The SMILES string of the molecule is Cc1cc(C)c(C)c(OCCC2CCCC2(N)CO)c1. The first-order chi connectivity index (χ1) is 9.46. The molecule has 1 fully saturated rings. The van der Waals surface area contributed by atoms with Gasteiger partial charge in [-0.1, -0.05) is 12.5 Å². The summed E-state index contributed by atoms with van der Waals surface area (Å²) >= 11 is 0. The first kappa shape index (κ1) is 15.3. The van der Waals surface area contributed by atoms with E-state index in [2.05, 4.69) is 32.9 Å². The Kier molecular flexibility index (Phi) is 4.71. The van der Waals surface area contributed by atoms with E-state index in [4.69, 9.17) is 10.5 Å². The zero-order chi connectivity index (χ0) is 14.8. The number of aryl methyl sites for hydroxylation is 2. The Bertz CT molecular complexity index is 472. The third-order valence-electron chi connectivity index (χ3n) is 4.79. The van der Waals surface area contributed by atoms with Gasteiger partial charge in [0.25, 0.3) is 0 Å². The van der Waals surface area contributed by atoms with Gasteiger partial charge in [0.05, 0.1) is 13.2 Å². The van der Waals surface area contributed by atoms with Gasteiger partial charge >= 0.3 is 0 Å². The predicted octanol–water partition coefficient (Wildman–Crippen LogP) is 2.87. The molecule has 1 aliphatic carbocycles. The Morgan fingerprint density at radius 2 is 2.10 bits per heavy atom. The van der Waals surface area contributed by atoms with Crippen molar-refractivity contribution in [1.29, 1.82) is 0 Å². The minimum Gasteiger partial charge on any atom is -0.493 e. The third-order valence-corrected chi connectivity index (χ3v) is 4.79. The lowest BCUT2D eigenvalue weighted by Gasteiger charge is -2.29. The summed E-state index contributed by atoms with van der Waals surface area (Å²) in [7, 11) is 0. The van der Waals surface area contributed by atoms with Crippen LogP contribution in [0.15, 0.2) is 12.1 Å². The zero-order valence-electron chi connectivity index (χ0n) is 12.9. The summed E-state index contributed by atoms with van der Waals surface area (Å²) < 4.78 is 5.96. The lowest BCUT2D eigenvalue weighted by molar-refractivity contribution is 0.143. The molecule has 2 atom stereocenters. The van der Waals surface area contributed by atoms with Crippen molar-refractivity contribution in [2.24, 2.45) is 11.7 Å². The highest BCUT2D eigenvalue weighted by atomic mass is 16.5. The van der Waals surface area contributed by atoms with Crippen LogP contribution in [0.1, 0.15) is 42.4 Å². The second kappa shape index (κ2) is 6.15. The van der Waals surface area contributed by atoms with Crippen molar-refractivity contribution >= 4 is 0 Å². The molecular formula is C17H27NO2. The van der Waals surface area contributed by atoms with E-state index in [1.807, 2.05) is 0 Å². The Hall–Kier alpha value is -1.06. The molecule has 20 heavy (non-hydrogen) atoms. The maximum Gasteiger partial charge on any atom is 0.122 e. The minimum atomic E-state index is -0.388. The smallest absolute Gasteiger partial charge is 0.122 e. The first-order valence-electron chi connectivity index (χ1n) is 7.56. The van der Waals surface area contributed by atoms with Crippen LogP contribution in [0.25, 0.3) is 0 Å². The van der Waals surface area contributed by atoms with E-state index in [0.29, 0.717) is 12.5 Å². The van der Waals surface area contributed by atoms with Crippen LogP contribution in [0.2, 0.25) is 0 Å². The molecule has 3 N–H and O–H groups in total. The summed E-state index contributed by atoms with van der Waals surface area (Å²) in [5.74, 6) is 1.35. The van der Waals surface area contributed by atoms with Crippen LogP contribution >= 0.6 is 0 Å². The van der Waals surface area contributed by atoms with Gasteiger partial charge in [-0.25, -0.2) is 0 Å². The summed E-state index contributed by atoms with van der Waals surface area (Å²) in [6.07, 6.45) is 4.07. The number of ether oxygens (including phenoxy) is 1. The van der Waals surface area contributed by atoms with Crippen molar-refractivity contribution in [2.75, 3.05) is 13.2 Å². The van der Waals surface area contributed by atoms with Crippen LogP contribution in [0.5, 0.6) is 5.75 Å². The molecule has 2 rings (SSSR count). The average molecular weight is 277 g/mol. The quantitative estimate of drug-likeness (QED) is 0.870. The second-order valence-corrected chi connectivity index (χ2v) is 6.32. The van der Waals surface area contributed by atoms with Crippen LogP contribution < -0.4 is 10.5 Å². The number of hydrogen-bond donors (Lipinski definition) is 2. The Balaban J connectivity index is 1.94. The van der Waals surface area contributed by atoms with Crippen LogP contribution in [0.3, 0.4) is 0 Å². The maximum atomic E-state index is 9.46. The molecule has 0 radical (unpaired) electrons. The van der Waals surface area contributed by atoms with E-state index in [0.717, 1.165) is 31.4 Å². The van der Waals surface area contributed by atoms with Crippen LogP contribution in [0, 0.1) is 26.7 Å². The third kappa shape index (κ3) is 3.15. The molecule has 0 heterocycles. The van der Waals surface area contributed by atoms with Gasteiger partial charge in [-0.2, -0.15) is 0 Å². The highest BCUT2D eigenvalue weighted by Crippen LogP contribution is 2.36. The average Bonchev–Trinajstić information content (AvgIpc) is 2.77. The van der Waals surface area contributed by atoms with Crippen molar-refractivity contribution in [3.05, 3.63) is 28.8 Å². The Morgan fingerprint density at radius 1 is 1.35 bits per heavy atom. The molecule has 112 valence electrons. The summed E-state index contributed by atoms with van der Waals surface area (Å²) in [5, 5.41) is 9.46. The van der Waals surface area contributed by atoms with E-state index in [9.17, 15) is 5.11 Å². The lowest BCUT2D eigenvalue weighted by atomic mass is 9.87. The van der Waals surface area contributed by atoms with E-state index >= 15 is 0 Å². The van der Waals surface area contributed by atoms with Gasteiger partial charge in [-0.05, 0) is 68.7 Å². The molecule has 3 nitrogen and oxygen atoms in total. The largest absolute Gasteiger partial charge is 0.493 e. The summed E-state index contributed by atoms with van der Waals surface area (Å²) in [4.78, 5) is 0. The minimum absolute atomic E-state index is 0.0836. The van der Waals surface area contributed by atoms with Gasteiger partial charge in [-0.3, -0.25) is 0 Å². The highest BCUT2D eigenvalue weighted by Gasteiger charge is 2.38. The molecule has 0 aromatic heterocycles. The number of nitrogens with two attached hydrogens (primary N) is 1. The molecule has 0 spiro atoms. The summed E-state index contributed by atoms with van der Waals surface area (Å²) in [6.45, 7) is 7.06. The van der Waals surface area contributed by atoms with Crippen LogP contribution in [-0.2, 0) is 0 Å². The van der Waals surface area contributed by atoms with E-state index in [1.165, 1.54) is 16.7 Å². The fraction of sp³-hybridized carbons (Fsp3) is 0.647. The fourth-order valence-electron chi connectivity index (χ4n) is 3.27. The number of aliphatic hydroxyl groups excluding tert-OH is 1. The van der Waals surface area contributed by atoms with Crippen molar-refractivity contribution in [3.63, 3.8) is 0 Å². The second-order valence-electron chi connectivity index (χ2n) is 6.32. The van der Waals surface area contributed by atoms with E-state index in [-0.39, 0.29) is 12.1 Å². The molecular weight excluding hydrogens is 250 g/mol. The first-order valence-corrected chi connectivity index (χ1v) is 7.56. The van der Waals surface area contributed by atoms with Crippen molar-refractivity contribution in [2.45, 2.75) is 52.0 Å². The van der Waals surface area contributed by atoms with Gasteiger partial charge in [0.1, 0.15) is 5.75 Å². The van der Waals surface area contributed by atoms with Crippen molar-refractivity contribution < 1.29 is 9.84 Å². The van der Waals surface area contributed by atoms with Crippen molar-refractivity contribution in [1.82, 2.24) is 0 Å². The summed E-state index contributed by atoms with van der Waals surface area (Å²) in [6, 6.07) is 4.27. The van der Waals surface area contributed by atoms with Gasteiger partial charge < -0.3 is 15.6 Å². The van der Waals surface area contributed by atoms with Gasteiger partial charge in [0.2, 0.25) is 0 Å². The fourth-order valence-corrected chi connectivity index (χ4v) is 3.27. The number of benzene rings is 1. The molecule has 1 aromatic rings. The predicted molar refractivity (Wildman–Crippen MR) is 82.1 cm³/mol. The molecule has 3 heteroatoms. The standard InChI is InChI=1S/C17H27NO2/c1-12-9-13(2)14(3)16(10-12)20-8-6-15-5-4-7-17(15,18)11-19/h9-10,15,19H,4-8,11,18H2,1-3H3. The molecule has 0 amide bonds. The van der Waals surface area contributed by atoms with E-state index in [1.54, 1.807) is 0 Å². The maximum absolute atomic E-state index is 9.46. The highest BCUT2D eigenvalue weighted by molar-refractivity contribution is 5.41. The lowest BCUT2D eigenvalue weighted by Crippen LogP contribution is -2.47. The van der Waals surface area contributed by atoms with Crippen molar-refractivity contribution in [3.8, 4) is 5.75 Å². The van der Waals surface area contributed by atoms with Crippen LogP contribution in [-0.4, -0.2) is 23.9 Å². The molecule has 1 saturated carbocycles. The van der Waals surface area contributed by atoms with Gasteiger partial charge in [0, 0.05) is 5.54 Å². The van der Waals surface area contributed by atoms with Gasteiger partial charge in [-0.15, -0.1) is 0 Å². The van der Waals surface area contributed by atoms with E-state index < -0.39 is 0 Å². The molecule has 0 bridgehead atoms. The Morgan fingerprint density at radius 3 is 2.80 bits per heavy atom. The molecule has 2 unspecified atom stereocenters. The molecule has 1 aliphatic rings. The Labute approximate surface area is 122 Å². The van der Waals surface area contributed by atoms with Crippen LogP contribution in [0.4, 0.5) is 0 Å². The molecule has 0 saturated heterocycles. The normalized spacial score (nSPS) is 25.9. The molecule has 1 aromatic carbocycles. The topological polar surface area (TPSA) is 55.5 Å². The monoisotopic (exact) mass is 277 g/mol. The van der Waals surface area contributed by atoms with Gasteiger partial charge in [0.15, 0.2) is 0 Å². The summed E-state index contributed by atoms with van der Waals surface area (Å²) in [5.41, 5.74) is 9.58. The number of aliphatic hydroxyl groups is 1. The zero-order valence-corrected chi connectivity index (χ0v) is 12.9. The number of rotatable bonds is 5.